The van der Waals surface area contributed by atoms with E-state index in [0.29, 0.717) is 13.0 Å². The van der Waals surface area contributed by atoms with E-state index in [2.05, 4.69) is 11.9 Å². The van der Waals surface area contributed by atoms with E-state index in [1.54, 1.807) is 6.08 Å². The molecule has 0 aromatic carbocycles. The van der Waals surface area contributed by atoms with Crippen molar-refractivity contribution in [2.75, 3.05) is 20.1 Å². The lowest BCUT2D eigenvalue weighted by atomic mass is 9.79. The van der Waals surface area contributed by atoms with Crippen molar-refractivity contribution in [1.29, 1.82) is 0 Å². The van der Waals surface area contributed by atoms with Crippen LogP contribution in [0.15, 0.2) is 12.7 Å². The lowest BCUT2D eigenvalue weighted by molar-refractivity contribution is -0.132. The Balaban J connectivity index is 2.59. The fraction of sp³-hybridized carbons (Fsp3) is 0.786. The third kappa shape index (κ3) is 3.84. The molecule has 1 amide bonds. The van der Waals surface area contributed by atoms with E-state index in [1.165, 1.54) is 19.3 Å². The molecule has 0 aromatic rings. The van der Waals surface area contributed by atoms with Gasteiger partial charge in [-0.15, -0.1) is 6.58 Å². The first-order valence-electron chi connectivity index (χ1n) is 6.75. The van der Waals surface area contributed by atoms with E-state index in [9.17, 15) is 4.79 Å². The molecule has 0 heterocycles. The minimum Gasteiger partial charge on any atom is -0.339 e. The van der Waals surface area contributed by atoms with Crippen molar-refractivity contribution in [2.45, 2.75) is 51.0 Å². The summed E-state index contributed by atoms with van der Waals surface area (Å²) >= 11 is 0. The van der Waals surface area contributed by atoms with Crippen LogP contribution < -0.4 is 5.32 Å². The third-order valence-corrected chi connectivity index (χ3v) is 3.91. The SMILES string of the molecule is C=CCN(CC)C(=O)CC1(NC)CCCCC1. The van der Waals surface area contributed by atoms with Gasteiger partial charge >= 0.3 is 0 Å². The highest BCUT2D eigenvalue weighted by Crippen LogP contribution is 2.31. The number of hydrogen-bond donors (Lipinski definition) is 1. The predicted octanol–water partition coefficient (Wildman–Crippen LogP) is 2.33. The Kier molecular flexibility index (Phi) is 5.69. The first kappa shape index (κ1) is 14.2. The Hall–Kier alpha value is -0.830. The molecule has 1 fully saturated rings. The van der Waals surface area contributed by atoms with Gasteiger partial charge in [0.1, 0.15) is 0 Å². The number of nitrogens with zero attached hydrogens (tertiary/aromatic N) is 1. The molecule has 1 rings (SSSR count). The average molecular weight is 238 g/mol. The van der Waals surface area contributed by atoms with Crippen LogP contribution in [0.2, 0.25) is 0 Å². The summed E-state index contributed by atoms with van der Waals surface area (Å²) < 4.78 is 0. The van der Waals surface area contributed by atoms with Gasteiger partial charge in [-0.3, -0.25) is 4.79 Å². The molecule has 0 aliphatic heterocycles. The van der Waals surface area contributed by atoms with E-state index < -0.39 is 0 Å². The maximum Gasteiger partial charge on any atom is 0.224 e. The number of amides is 1. The van der Waals surface area contributed by atoms with E-state index in [0.717, 1.165) is 19.4 Å². The van der Waals surface area contributed by atoms with Crippen LogP contribution in [0.5, 0.6) is 0 Å². The Labute approximate surface area is 105 Å². The van der Waals surface area contributed by atoms with Gasteiger partial charge in [0.15, 0.2) is 0 Å². The molecular weight excluding hydrogens is 212 g/mol. The molecule has 0 radical (unpaired) electrons. The Morgan fingerprint density at radius 1 is 1.41 bits per heavy atom. The number of carbonyl (C=O) groups excluding carboxylic acids is 1. The summed E-state index contributed by atoms with van der Waals surface area (Å²) in [6.45, 7) is 7.16. The first-order valence-corrected chi connectivity index (χ1v) is 6.75. The zero-order chi connectivity index (χ0) is 12.7. The molecule has 3 heteroatoms. The molecule has 0 aromatic heterocycles. The van der Waals surface area contributed by atoms with Crippen LogP contribution in [-0.2, 0) is 4.79 Å². The minimum absolute atomic E-state index is 0.0456. The summed E-state index contributed by atoms with van der Waals surface area (Å²) in [4.78, 5) is 14.1. The maximum absolute atomic E-state index is 12.2. The van der Waals surface area contributed by atoms with Gasteiger partial charge in [0, 0.05) is 25.0 Å². The van der Waals surface area contributed by atoms with E-state index in [-0.39, 0.29) is 11.4 Å². The van der Waals surface area contributed by atoms with Crippen molar-refractivity contribution >= 4 is 5.91 Å². The minimum atomic E-state index is 0.0456. The van der Waals surface area contributed by atoms with Crippen LogP contribution in [0, 0.1) is 0 Å². The molecule has 17 heavy (non-hydrogen) atoms. The molecule has 0 bridgehead atoms. The van der Waals surface area contributed by atoms with Crippen LogP contribution in [0.3, 0.4) is 0 Å². The molecule has 0 saturated heterocycles. The van der Waals surface area contributed by atoms with Crippen molar-refractivity contribution in [3.63, 3.8) is 0 Å². The van der Waals surface area contributed by atoms with Crippen LogP contribution in [0.25, 0.3) is 0 Å². The zero-order valence-electron chi connectivity index (χ0n) is 11.3. The summed E-state index contributed by atoms with van der Waals surface area (Å²) in [5.74, 6) is 0.253. The number of rotatable bonds is 6. The number of carbonyl (C=O) groups is 1. The smallest absolute Gasteiger partial charge is 0.224 e. The van der Waals surface area contributed by atoms with E-state index in [1.807, 2.05) is 18.9 Å². The average Bonchev–Trinajstić information content (AvgIpc) is 2.36. The highest BCUT2D eigenvalue weighted by atomic mass is 16.2. The summed E-state index contributed by atoms with van der Waals surface area (Å²) in [6.07, 6.45) is 8.46. The van der Waals surface area contributed by atoms with Gasteiger partial charge in [-0.2, -0.15) is 0 Å². The molecule has 1 aliphatic rings. The van der Waals surface area contributed by atoms with E-state index >= 15 is 0 Å². The summed E-state index contributed by atoms with van der Waals surface area (Å²) in [5.41, 5.74) is 0.0456. The van der Waals surface area contributed by atoms with Crippen molar-refractivity contribution in [2.24, 2.45) is 0 Å². The lowest BCUT2D eigenvalue weighted by Gasteiger charge is -2.38. The second-order valence-electron chi connectivity index (χ2n) is 4.99. The standard InChI is InChI=1S/C14H26N2O/c1-4-11-16(5-2)13(17)12-14(15-3)9-7-6-8-10-14/h4,15H,1,5-12H2,2-3H3. The lowest BCUT2D eigenvalue weighted by Crippen LogP contribution is -2.49. The molecule has 98 valence electrons. The molecule has 0 unspecified atom stereocenters. The fourth-order valence-electron chi connectivity index (χ4n) is 2.71. The van der Waals surface area contributed by atoms with Gasteiger partial charge in [0.05, 0.1) is 0 Å². The Morgan fingerprint density at radius 3 is 2.53 bits per heavy atom. The van der Waals surface area contributed by atoms with Gasteiger partial charge in [-0.25, -0.2) is 0 Å². The Bertz CT molecular complexity index is 257. The summed E-state index contributed by atoms with van der Waals surface area (Å²) in [7, 11) is 1.99. The largest absolute Gasteiger partial charge is 0.339 e. The second-order valence-corrected chi connectivity index (χ2v) is 4.99. The molecule has 1 N–H and O–H groups in total. The molecule has 0 spiro atoms. The third-order valence-electron chi connectivity index (χ3n) is 3.91. The van der Waals surface area contributed by atoms with Crippen LogP contribution in [0.4, 0.5) is 0 Å². The quantitative estimate of drug-likeness (QED) is 0.720. The first-order chi connectivity index (χ1) is 8.17. The topological polar surface area (TPSA) is 32.3 Å². The summed E-state index contributed by atoms with van der Waals surface area (Å²) in [5, 5.41) is 3.40. The number of nitrogens with one attached hydrogen (secondary N) is 1. The highest BCUT2D eigenvalue weighted by Gasteiger charge is 2.33. The second kappa shape index (κ2) is 6.80. The van der Waals surface area contributed by atoms with Gasteiger partial charge < -0.3 is 10.2 Å². The van der Waals surface area contributed by atoms with Crippen LogP contribution in [-0.4, -0.2) is 36.5 Å². The fourth-order valence-corrected chi connectivity index (χ4v) is 2.71. The monoisotopic (exact) mass is 238 g/mol. The van der Waals surface area contributed by atoms with Gasteiger partial charge in [-0.1, -0.05) is 25.3 Å². The molecule has 3 nitrogen and oxygen atoms in total. The van der Waals surface area contributed by atoms with Crippen molar-refractivity contribution in [3.05, 3.63) is 12.7 Å². The summed E-state index contributed by atoms with van der Waals surface area (Å²) in [6, 6.07) is 0. The number of likely N-dealkylation sites (N-methyl/N-ethyl adjacent to an activating group) is 1. The van der Waals surface area contributed by atoms with Crippen molar-refractivity contribution in [3.8, 4) is 0 Å². The molecular formula is C14H26N2O. The van der Waals surface area contributed by atoms with E-state index in [4.69, 9.17) is 0 Å². The molecule has 1 saturated carbocycles. The van der Waals surface area contributed by atoms with Gasteiger partial charge in [0.2, 0.25) is 5.91 Å². The normalized spacial score (nSPS) is 18.7. The number of hydrogen-bond acceptors (Lipinski definition) is 2. The van der Waals surface area contributed by atoms with Crippen molar-refractivity contribution in [1.82, 2.24) is 10.2 Å². The highest BCUT2D eigenvalue weighted by molar-refractivity contribution is 5.77. The van der Waals surface area contributed by atoms with Gasteiger partial charge in [-0.05, 0) is 26.8 Å². The maximum atomic E-state index is 12.2. The van der Waals surface area contributed by atoms with Crippen molar-refractivity contribution < 1.29 is 4.79 Å². The molecule has 0 atom stereocenters. The predicted molar refractivity (Wildman–Crippen MR) is 71.9 cm³/mol. The zero-order valence-corrected chi connectivity index (χ0v) is 11.3. The van der Waals surface area contributed by atoms with Crippen LogP contribution >= 0.6 is 0 Å². The molecule has 1 aliphatic carbocycles. The Morgan fingerprint density at radius 2 is 2.06 bits per heavy atom. The van der Waals surface area contributed by atoms with Gasteiger partial charge in [0.25, 0.3) is 0 Å². The van der Waals surface area contributed by atoms with Crippen LogP contribution in [0.1, 0.15) is 45.4 Å².